The summed E-state index contributed by atoms with van der Waals surface area (Å²) in [6.45, 7) is 8.65. The molecule has 0 radical (unpaired) electrons. The summed E-state index contributed by atoms with van der Waals surface area (Å²) in [5, 5.41) is 0. The number of carbonyl (C=O) groups excluding carboxylic acids is 1. The second-order valence-corrected chi connectivity index (χ2v) is 9.60. The fraction of sp³-hybridized carbons (Fsp3) is 0.731. The van der Waals surface area contributed by atoms with Gasteiger partial charge in [-0.05, 0) is 89.3 Å². The zero-order valence-electron chi connectivity index (χ0n) is 20.6. The Morgan fingerprint density at radius 1 is 1.19 bits per heavy atom. The number of benzene rings is 1. The quantitative estimate of drug-likeness (QED) is 0.549. The third-order valence-electron chi connectivity index (χ3n) is 7.21. The molecule has 6 nitrogen and oxygen atoms in total. The van der Waals surface area contributed by atoms with Gasteiger partial charge in [-0.25, -0.2) is 0 Å². The Kier molecular flexibility index (Phi) is 9.82. The van der Waals surface area contributed by atoms with Gasteiger partial charge < -0.3 is 19.3 Å². The number of hydrogen-bond donors (Lipinski definition) is 0. The van der Waals surface area contributed by atoms with Gasteiger partial charge in [0.15, 0.2) is 0 Å². The Balaban J connectivity index is 1.47. The van der Waals surface area contributed by atoms with Gasteiger partial charge in [-0.15, -0.1) is 0 Å². The molecule has 0 N–H and O–H groups in total. The Labute approximate surface area is 194 Å². The van der Waals surface area contributed by atoms with E-state index in [-0.39, 0.29) is 0 Å². The molecule has 1 atom stereocenters. The molecule has 32 heavy (non-hydrogen) atoms. The first-order chi connectivity index (χ1) is 15.5. The summed E-state index contributed by atoms with van der Waals surface area (Å²) in [7, 11) is 5.89. The highest BCUT2D eigenvalue weighted by Gasteiger charge is 2.26. The molecule has 1 amide bonds. The first-order valence-corrected chi connectivity index (χ1v) is 12.4. The molecule has 0 aliphatic carbocycles. The molecule has 0 spiro atoms. The molecule has 0 unspecified atom stereocenters. The molecular formula is C26H43N3O3. The van der Waals surface area contributed by atoms with Crippen LogP contribution in [-0.2, 0) is 22.7 Å². The van der Waals surface area contributed by atoms with E-state index in [2.05, 4.69) is 35.0 Å². The molecule has 1 aromatic rings. The maximum absolute atomic E-state index is 12.8. The van der Waals surface area contributed by atoms with Crippen LogP contribution in [0.1, 0.15) is 56.6 Å². The van der Waals surface area contributed by atoms with Crippen LogP contribution in [0.4, 0.5) is 0 Å². The average Bonchev–Trinajstić information content (AvgIpc) is 2.81. The lowest BCUT2D eigenvalue weighted by Crippen LogP contribution is -2.44. The Morgan fingerprint density at radius 2 is 1.97 bits per heavy atom. The van der Waals surface area contributed by atoms with E-state index in [1.807, 2.05) is 18.9 Å². The van der Waals surface area contributed by atoms with Crippen LogP contribution in [0, 0.1) is 5.92 Å². The molecule has 2 fully saturated rings. The van der Waals surface area contributed by atoms with Crippen molar-refractivity contribution in [2.24, 2.45) is 5.92 Å². The van der Waals surface area contributed by atoms with Crippen molar-refractivity contribution in [2.75, 3.05) is 54.0 Å². The predicted octanol–water partition coefficient (Wildman–Crippen LogP) is 3.78. The number of nitrogens with zero attached hydrogens (tertiary/aromatic N) is 3. The van der Waals surface area contributed by atoms with Gasteiger partial charge in [0.05, 0.1) is 13.7 Å². The number of hydrogen-bond acceptors (Lipinski definition) is 5. The summed E-state index contributed by atoms with van der Waals surface area (Å²) in [5.74, 6) is 1.83. The van der Waals surface area contributed by atoms with Crippen LogP contribution in [0.5, 0.6) is 5.75 Å². The highest BCUT2D eigenvalue weighted by Crippen LogP contribution is 2.26. The number of amides is 1. The van der Waals surface area contributed by atoms with E-state index in [9.17, 15) is 4.79 Å². The predicted molar refractivity (Wildman–Crippen MR) is 129 cm³/mol. The maximum Gasteiger partial charge on any atom is 0.222 e. The third-order valence-corrected chi connectivity index (χ3v) is 7.21. The largest absolute Gasteiger partial charge is 0.496 e. The lowest BCUT2D eigenvalue weighted by atomic mass is 9.92. The van der Waals surface area contributed by atoms with Crippen molar-refractivity contribution in [3.8, 4) is 5.75 Å². The van der Waals surface area contributed by atoms with Crippen LogP contribution in [-0.4, -0.2) is 80.6 Å². The van der Waals surface area contributed by atoms with Crippen molar-refractivity contribution in [3.63, 3.8) is 0 Å². The van der Waals surface area contributed by atoms with Crippen LogP contribution >= 0.6 is 0 Å². The van der Waals surface area contributed by atoms with Gasteiger partial charge in [0.25, 0.3) is 0 Å². The molecule has 0 aromatic heterocycles. The fourth-order valence-electron chi connectivity index (χ4n) is 5.13. The van der Waals surface area contributed by atoms with Gasteiger partial charge in [0.2, 0.25) is 5.91 Å². The molecule has 180 valence electrons. The van der Waals surface area contributed by atoms with E-state index in [1.165, 1.54) is 18.4 Å². The molecular weight excluding hydrogens is 402 g/mol. The highest BCUT2D eigenvalue weighted by molar-refractivity contribution is 5.76. The van der Waals surface area contributed by atoms with Gasteiger partial charge in [0.1, 0.15) is 5.75 Å². The monoisotopic (exact) mass is 445 g/mol. The van der Waals surface area contributed by atoms with Gasteiger partial charge in [-0.2, -0.15) is 0 Å². The van der Waals surface area contributed by atoms with E-state index in [4.69, 9.17) is 9.47 Å². The SMILES string of the molecule is CCOCc1cc(CN2CCC[C@H](CCC(=O)N(C)C3CCN(C)CC3)C2)ccc1OC. The van der Waals surface area contributed by atoms with E-state index in [1.54, 1.807) is 7.11 Å². The average molecular weight is 446 g/mol. The topological polar surface area (TPSA) is 45.2 Å². The van der Waals surface area contributed by atoms with Gasteiger partial charge >= 0.3 is 0 Å². The first kappa shape index (κ1) is 25.0. The van der Waals surface area contributed by atoms with Crippen molar-refractivity contribution < 1.29 is 14.3 Å². The standard InChI is InChI=1S/C26H43N3O3/c1-5-32-20-23-17-22(8-10-25(23)31-4)19-29-14-6-7-21(18-29)9-11-26(30)28(3)24-12-15-27(2)16-13-24/h8,10,17,21,24H,5-7,9,11-16,18-20H2,1-4H3/t21-/m1/s1. The van der Waals surface area contributed by atoms with Crippen molar-refractivity contribution in [1.29, 1.82) is 0 Å². The second-order valence-electron chi connectivity index (χ2n) is 9.60. The second kappa shape index (κ2) is 12.6. The van der Waals surface area contributed by atoms with E-state index in [0.29, 0.717) is 37.5 Å². The van der Waals surface area contributed by atoms with Crippen LogP contribution < -0.4 is 4.74 Å². The van der Waals surface area contributed by atoms with Gasteiger partial charge in [-0.1, -0.05) is 6.07 Å². The summed E-state index contributed by atoms with van der Waals surface area (Å²) in [4.78, 5) is 19.7. The number of rotatable bonds is 10. The summed E-state index contributed by atoms with van der Waals surface area (Å²) >= 11 is 0. The van der Waals surface area contributed by atoms with Gasteiger partial charge in [0, 0.05) is 44.8 Å². The Hall–Kier alpha value is -1.63. The Bertz CT molecular complexity index is 718. The molecule has 2 saturated heterocycles. The molecule has 0 bridgehead atoms. The maximum atomic E-state index is 12.8. The summed E-state index contributed by atoms with van der Waals surface area (Å²) in [6.07, 6.45) is 6.34. The Morgan fingerprint density at radius 3 is 2.69 bits per heavy atom. The lowest BCUT2D eigenvalue weighted by molar-refractivity contribution is -0.133. The number of methoxy groups -OCH3 is 1. The van der Waals surface area contributed by atoms with Crippen LogP contribution in [0.25, 0.3) is 0 Å². The molecule has 6 heteroatoms. The smallest absolute Gasteiger partial charge is 0.222 e. The van der Waals surface area contributed by atoms with E-state index in [0.717, 1.165) is 63.3 Å². The van der Waals surface area contributed by atoms with Crippen LogP contribution in [0.3, 0.4) is 0 Å². The normalized spacial score (nSPS) is 20.9. The summed E-state index contributed by atoms with van der Waals surface area (Å²) in [5.41, 5.74) is 2.42. The van der Waals surface area contributed by atoms with Gasteiger partial charge in [-0.3, -0.25) is 9.69 Å². The molecule has 2 aliphatic heterocycles. The lowest BCUT2D eigenvalue weighted by Gasteiger charge is -2.36. The summed E-state index contributed by atoms with van der Waals surface area (Å²) < 4.78 is 11.1. The summed E-state index contributed by atoms with van der Waals surface area (Å²) in [6, 6.07) is 6.86. The van der Waals surface area contributed by atoms with Crippen LogP contribution in [0.2, 0.25) is 0 Å². The van der Waals surface area contributed by atoms with E-state index >= 15 is 0 Å². The number of piperidine rings is 2. The van der Waals surface area contributed by atoms with Crippen molar-refractivity contribution in [2.45, 2.75) is 64.6 Å². The first-order valence-electron chi connectivity index (χ1n) is 12.4. The minimum Gasteiger partial charge on any atom is -0.496 e. The molecule has 0 saturated carbocycles. The van der Waals surface area contributed by atoms with Crippen LogP contribution in [0.15, 0.2) is 18.2 Å². The number of carbonyl (C=O) groups is 1. The molecule has 3 rings (SSSR count). The zero-order valence-corrected chi connectivity index (χ0v) is 20.6. The number of likely N-dealkylation sites (tertiary alicyclic amines) is 2. The minimum atomic E-state index is 0.326. The van der Waals surface area contributed by atoms with Crippen molar-refractivity contribution >= 4 is 5.91 Å². The fourth-order valence-corrected chi connectivity index (χ4v) is 5.13. The zero-order chi connectivity index (χ0) is 22.9. The third kappa shape index (κ3) is 7.19. The van der Waals surface area contributed by atoms with Crippen molar-refractivity contribution in [3.05, 3.63) is 29.3 Å². The molecule has 2 heterocycles. The van der Waals surface area contributed by atoms with Crippen molar-refractivity contribution in [1.82, 2.24) is 14.7 Å². The minimum absolute atomic E-state index is 0.326. The molecule has 2 aliphatic rings. The highest BCUT2D eigenvalue weighted by atomic mass is 16.5. The van der Waals surface area contributed by atoms with E-state index < -0.39 is 0 Å². The molecule has 1 aromatic carbocycles. The number of ether oxygens (including phenoxy) is 2.